The van der Waals surface area contributed by atoms with Crippen LogP contribution < -0.4 is 15.1 Å². The fraction of sp³-hybridized carbons (Fsp3) is 0.375. The maximum Gasteiger partial charge on any atom is 0.352 e. The van der Waals surface area contributed by atoms with Gasteiger partial charge < -0.3 is 24.6 Å². The first-order chi connectivity index (χ1) is 11.0. The van der Waals surface area contributed by atoms with Crippen LogP contribution in [0.4, 0.5) is 5.69 Å². The van der Waals surface area contributed by atoms with E-state index in [1.54, 1.807) is 13.2 Å². The Kier molecular flexibility index (Phi) is 3.96. The summed E-state index contributed by atoms with van der Waals surface area (Å²) in [6, 6.07) is 4.59. The van der Waals surface area contributed by atoms with Crippen LogP contribution in [0.15, 0.2) is 23.0 Å². The number of carboxylic acids is 1. The molecule has 0 amide bonds. The number of rotatable bonds is 3. The molecule has 0 saturated carbocycles. The molecule has 0 radical (unpaired) electrons. The molecule has 1 aliphatic heterocycles. The number of methoxy groups -OCH3 is 1. The molecule has 2 heterocycles. The number of benzene rings is 1. The monoisotopic (exact) mass is 317 g/mol. The predicted molar refractivity (Wildman–Crippen MR) is 87.8 cm³/mol. The van der Waals surface area contributed by atoms with E-state index in [1.165, 1.54) is 0 Å². The standard InChI is InChI=1S/C16H19N3O4/c1-18-3-5-19(6-4-18)13-8-10(23-2)7-11-14(20)9-12(16(21)22)17-15(11)13/h7-9H,3-6H2,1-2H3,(H,17,20)(H,21,22). The quantitative estimate of drug-likeness (QED) is 0.878. The number of carbonyl (C=O) groups is 1. The Morgan fingerprint density at radius 2 is 1.91 bits per heavy atom. The molecule has 1 aromatic heterocycles. The summed E-state index contributed by atoms with van der Waals surface area (Å²) >= 11 is 0. The summed E-state index contributed by atoms with van der Waals surface area (Å²) in [5, 5.41) is 9.62. The van der Waals surface area contributed by atoms with Crippen molar-refractivity contribution in [1.82, 2.24) is 9.88 Å². The third kappa shape index (κ3) is 2.87. The number of anilines is 1. The number of aromatic nitrogens is 1. The molecule has 3 rings (SSSR count). The fourth-order valence-corrected chi connectivity index (χ4v) is 2.84. The molecule has 1 aliphatic rings. The number of H-pyrrole nitrogens is 1. The van der Waals surface area contributed by atoms with E-state index in [-0.39, 0.29) is 11.1 Å². The van der Waals surface area contributed by atoms with Crippen molar-refractivity contribution < 1.29 is 14.6 Å². The number of pyridine rings is 1. The van der Waals surface area contributed by atoms with Crippen LogP contribution in [0.2, 0.25) is 0 Å². The third-order valence-electron chi connectivity index (χ3n) is 4.20. The topological polar surface area (TPSA) is 85.9 Å². The van der Waals surface area contributed by atoms with E-state index in [1.807, 2.05) is 6.07 Å². The molecule has 0 bridgehead atoms. The largest absolute Gasteiger partial charge is 0.497 e. The first-order valence-electron chi connectivity index (χ1n) is 7.41. The molecule has 0 atom stereocenters. The van der Waals surface area contributed by atoms with Gasteiger partial charge in [0.15, 0.2) is 5.43 Å². The summed E-state index contributed by atoms with van der Waals surface area (Å²) in [7, 11) is 3.61. The fourth-order valence-electron chi connectivity index (χ4n) is 2.84. The predicted octanol–water partition coefficient (Wildman–Crippen LogP) is 0.987. The van der Waals surface area contributed by atoms with Gasteiger partial charge in [-0.3, -0.25) is 4.79 Å². The summed E-state index contributed by atoms with van der Waals surface area (Å²) in [6.07, 6.45) is 0. The van der Waals surface area contributed by atoms with Gasteiger partial charge in [-0.1, -0.05) is 0 Å². The van der Waals surface area contributed by atoms with Crippen LogP contribution in [-0.2, 0) is 0 Å². The maximum atomic E-state index is 12.3. The SMILES string of the molecule is COc1cc(N2CCN(C)CC2)c2[nH]c(C(=O)O)cc(=O)c2c1. The Labute approximate surface area is 133 Å². The molecule has 7 nitrogen and oxygen atoms in total. The highest BCUT2D eigenvalue weighted by Gasteiger charge is 2.20. The van der Waals surface area contributed by atoms with Crippen LogP contribution >= 0.6 is 0 Å². The second-order valence-electron chi connectivity index (χ2n) is 5.71. The average Bonchev–Trinajstić information content (AvgIpc) is 2.54. The normalized spacial score (nSPS) is 15.8. The lowest BCUT2D eigenvalue weighted by atomic mass is 10.1. The van der Waals surface area contributed by atoms with Gasteiger partial charge in [0.05, 0.1) is 23.7 Å². The number of carboxylic acid groups (broad SMARTS) is 1. The zero-order valence-corrected chi connectivity index (χ0v) is 13.1. The number of nitrogens with zero attached hydrogens (tertiary/aromatic N) is 2. The summed E-state index contributed by atoms with van der Waals surface area (Å²) in [6.45, 7) is 3.42. The van der Waals surface area contributed by atoms with E-state index in [0.717, 1.165) is 37.9 Å². The van der Waals surface area contributed by atoms with E-state index in [0.29, 0.717) is 16.7 Å². The zero-order chi connectivity index (χ0) is 16.6. The number of aromatic carboxylic acids is 1. The summed E-state index contributed by atoms with van der Waals surface area (Å²) < 4.78 is 5.30. The van der Waals surface area contributed by atoms with E-state index in [4.69, 9.17) is 4.74 Å². The van der Waals surface area contributed by atoms with Crippen LogP contribution in [0.5, 0.6) is 5.75 Å². The highest BCUT2D eigenvalue weighted by Crippen LogP contribution is 2.30. The Bertz CT molecular complexity index is 807. The smallest absolute Gasteiger partial charge is 0.352 e. The molecule has 2 N–H and O–H groups in total. The van der Waals surface area contributed by atoms with Gasteiger partial charge in [-0.15, -0.1) is 0 Å². The zero-order valence-electron chi connectivity index (χ0n) is 13.1. The van der Waals surface area contributed by atoms with Crippen molar-refractivity contribution in [3.8, 4) is 5.75 Å². The van der Waals surface area contributed by atoms with Crippen LogP contribution in [-0.4, -0.2) is 61.3 Å². The van der Waals surface area contributed by atoms with Gasteiger partial charge in [0, 0.05) is 38.3 Å². The molecule has 0 spiro atoms. The lowest BCUT2D eigenvalue weighted by Gasteiger charge is -2.34. The number of hydrogen-bond donors (Lipinski definition) is 2. The first-order valence-corrected chi connectivity index (χ1v) is 7.41. The van der Waals surface area contributed by atoms with E-state index < -0.39 is 5.97 Å². The second kappa shape index (κ2) is 5.92. The van der Waals surface area contributed by atoms with Crippen LogP contribution in [0.25, 0.3) is 10.9 Å². The minimum Gasteiger partial charge on any atom is -0.497 e. The number of aromatic amines is 1. The molecule has 122 valence electrons. The van der Waals surface area contributed by atoms with Gasteiger partial charge in [-0.05, 0) is 13.1 Å². The minimum absolute atomic E-state index is 0.108. The molecule has 1 fully saturated rings. The minimum atomic E-state index is -1.15. The lowest BCUT2D eigenvalue weighted by Crippen LogP contribution is -2.44. The average molecular weight is 317 g/mol. The Balaban J connectivity index is 2.21. The summed E-state index contributed by atoms with van der Waals surface area (Å²) in [4.78, 5) is 30.8. The van der Waals surface area contributed by atoms with Crippen molar-refractivity contribution in [2.75, 3.05) is 45.2 Å². The van der Waals surface area contributed by atoms with Crippen molar-refractivity contribution in [3.05, 3.63) is 34.1 Å². The number of fused-ring (bicyclic) bond motifs is 1. The van der Waals surface area contributed by atoms with Gasteiger partial charge in [-0.2, -0.15) is 0 Å². The molecular formula is C16H19N3O4. The van der Waals surface area contributed by atoms with Gasteiger partial charge >= 0.3 is 5.97 Å². The number of nitrogens with one attached hydrogen (secondary N) is 1. The summed E-state index contributed by atoms with van der Waals surface area (Å²) in [5.41, 5.74) is 0.904. The van der Waals surface area contributed by atoms with E-state index in [9.17, 15) is 14.7 Å². The van der Waals surface area contributed by atoms with Crippen LogP contribution in [0, 0.1) is 0 Å². The number of piperazine rings is 1. The third-order valence-corrected chi connectivity index (χ3v) is 4.20. The van der Waals surface area contributed by atoms with Crippen molar-refractivity contribution in [1.29, 1.82) is 0 Å². The molecule has 23 heavy (non-hydrogen) atoms. The number of likely N-dealkylation sites (N-methyl/N-ethyl adjacent to an activating group) is 1. The Morgan fingerprint density at radius 3 is 2.52 bits per heavy atom. The Morgan fingerprint density at radius 1 is 1.22 bits per heavy atom. The maximum absolute atomic E-state index is 12.3. The first kappa shape index (κ1) is 15.4. The highest BCUT2D eigenvalue weighted by molar-refractivity contribution is 5.96. The molecular weight excluding hydrogens is 298 g/mol. The second-order valence-corrected chi connectivity index (χ2v) is 5.71. The molecule has 7 heteroatoms. The summed E-state index contributed by atoms with van der Waals surface area (Å²) in [5.74, 6) is -0.566. The van der Waals surface area contributed by atoms with Gasteiger partial charge in [0.1, 0.15) is 11.4 Å². The van der Waals surface area contributed by atoms with Crippen LogP contribution in [0.3, 0.4) is 0 Å². The van der Waals surface area contributed by atoms with Gasteiger partial charge in [-0.25, -0.2) is 4.79 Å². The van der Waals surface area contributed by atoms with E-state index in [2.05, 4.69) is 21.8 Å². The Hall–Kier alpha value is -2.54. The van der Waals surface area contributed by atoms with Gasteiger partial charge in [0.2, 0.25) is 0 Å². The van der Waals surface area contributed by atoms with E-state index >= 15 is 0 Å². The molecule has 1 aromatic carbocycles. The van der Waals surface area contributed by atoms with Crippen molar-refractivity contribution in [2.24, 2.45) is 0 Å². The van der Waals surface area contributed by atoms with Crippen molar-refractivity contribution in [2.45, 2.75) is 0 Å². The number of ether oxygens (including phenoxy) is 1. The van der Waals surface area contributed by atoms with Crippen molar-refractivity contribution in [3.63, 3.8) is 0 Å². The molecule has 1 saturated heterocycles. The molecule has 0 unspecified atom stereocenters. The molecule has 2 aromatic rings. The lowest BCUT2D eigenvalue weighted by molar-refractivity contribution is 0.0691. The van der Waals surface area contributed by atoms with Crippen LogP contribution in [0.1, 0.15) is 10.5 Å². The van der Waals surface area contributed by atoms with Gasteiger partial charge in [0.25, 0.3) is 0 Å². The molecule has 0 aliphatic carbocycles. The highest BCUT2D eigenvalue weighted by atomic mass is 16.5. The number of hydrogen-bond acceptors (Lipinski definition) is 5. The van der Waals surface area contributed by atoms with Crippen molar-refractivity contribution >= 4 is 22.6 Å².